The van der Waals surface area contributed by atoms with Crippen LogP contribution in [0.15, 0.2) is 48.5 Å². The van der Waals surface area contributed by atoms with Gasteiger partial charge in [-0.1, -0.05) is 61.8 Å². The predicted molar refractivity (Wildman–Crippen MR) is 141 cm³/mol. The number of benzene rings is 2. The maximum Gasteiger partial charge on any atom is 0.137 e. The SMILES string of the molecule is CCCSCNCc1ccc(-c2cc3ccccc3c(N3CCN(CC)CC3)n2)cc1Cl. The minimum Gasteiger partial charge on any atom is -0.354 e. The Morgan fingerprint density at radius 1 is 1.03 bits per heavy atom. The molecule has 1 fully saturated rings. The Hall–Kier alpha value is -1.79. The molecule has 0 radical (unpaired) electrons. The van der Waals surface area contributed by atoms with Crippen molar-refractivity contribution in [2.24, 2.45) is 0 Å². The van der Waals surface area contributed by atoms with Crippen molar-refractivity contribution in [3.8, 4) is 11.3 Å². The fraction of sp³-hybridized carbons (Fsp3) is 0.423. The van der Waals surface area contributed by atoms with E-state index in [1.165, 1.54) is 22.9 Å². The smallest absolute Gasteiger partial charge is 0.137 e. The first-order chi connectivity index (χ1) is 15.7. The summed E-state index contributed by atoms with van der Waals surface area (Å²) in [5.74, 6) is 3.22. The lowest BCUT2D eigenvalue weighted by atomic mass is 10.0. The summed E-state index contributed by atoms with van der Waals surface area (Å²) >= 11 is 8.59. The van der Waals surface area contributed by atoms with Gasteiger partial charge in [0.05, 0.1) is 5.69 Å². The van der Waals surface area contributed by atoms with Crippen molar-refractivity contribution in [3.05, 3.63) is 59.1 Å². The zero-order valence-corrected chi connectivity index (χ0v) is 20.7. The average Bonchev–Trinajstić information content (AvgIpc) is 2.84. The molecule has 1 saturated heterocycles. The molecule has 0 spiro atoms. The molecule has 0 unspecified atom stereocenters. The quantitative estimate of drug-likeness (QED) is 0.312. The van der Waals surface area contributed by atoms with Gasteiger partial charge in [0.2, 0.25) is 0 Å². The largest absolute Gasteiger partial charge is 0.354 e. The van der Waals surface area contributed by atoms with Crippen LogP contribution in [0.4, 0.5) is 5.82 Å². The number of hydrogen-bond acceptors (Lipinski definition) is 5. The van der Waals surface area contributed by atoms with Gasteiger partial charge in [0.15, 0.2) is 0 Å². The van der Waals surface area contributed by atoms with Crippen molar-refractivity contribution in [3.63, 3.8) is 0 Å². The summed E-state index contributed by atoms with van der Waals surface area (Å²) < 4.78 is 0. The zero-order chi connectivity index (χ0) is 22.3. The van der Waals surface area contributed by atoms with Crippen LogP contribution in [-0.2, 0) is 6.54 Å². The highest BCUT2D eigenvalue weighted by Gasteiger charge is 2.20. The number of hydrogen-bond donors (Lipinski definition) is 1. The Morgan fingerprint density at radius 3 is 2.59 bits per heavy atom. The number of thioether (sulfide) groups is 1. The van der Waals surface area contributed by atoms with E-state index in [1.54, 1.807) is 0 Å². The van der Waals surface area contributed by atoms with Gasteiger partial charge in [0.1, 0.15) is 5.82 Å². The zero-order valence-electron chi connectivity index (χ0n) is 19.1. The van der Waals surface area contributed by atoms with E-state index in [0.29, 0.717) is 0 Å². The van der Waals surface area contributed by atoms with Crippen LogP contribution >= 0.6 is 23.4 Å². The van der Waals surface area contributed by atoms with E-state index < -0.39 is 0 Å². The van der Waals surface area contributed by atoms with Crippen molar-refractivity contribution in [2.75, 3.05) is 49.3 Å². The highest BCUT2D eigenvalue weighted by Crippen LogP contribution is 2.32. The number of fused-ring (bicyclic) bond motifs is 1. The molecule has 3 aromatic rings. The van der Waals surface area contributed by atoms with E-state index in [4.69, 9.17) is 16.6 Å². The lowest BCUT2D eigenvalue weighted by Gasteiger charge is -2.35. The minimum atomic E-state index is 0.786. The van der Waals surface area contributed by atoms with Crippen molar-refractivity contribution >= 4 is 40.0 Å². The first kappa shape index (κ1) is 23.4. The van der Waals surface area contributed by atoms with Crippen LogP contribution in [0.3, 0.4) is 0 Å². The summed E-state index contributed by atoms with van der Waals surface area (Å²) in [6.07, 6.45) is 1.21. The molecule has 1 N–H and O–H groups in total. The fourth-order valence-electron chi connectivity index (χ4n) is 4.17. The van der Waals surface area contributed by atoms with E-state index in [-0.39, 0.29) is 0 Å². The second-order valence-corrected chi connectivity index (χ2v) is 9.77. The summed E-state index contributed by atoms with van der Waals surface area (Å²) in [6.45, 7) is 10.5. The average molecular weight is 469 g/mol. The van der Waals surface area contributed by atoms with Crippen LogP contribution in [0.25, 0.3) is 22.0 Å². The number of piperazine rings is 1. The Bertz CT molecular complexity index is 1030. The molecule has 4 rings (SSSR count). The molecule has 1 aliphatic rings. The van der Waals surface area contributed by atoms with Crippen molar-refractivity contribution in [1.82, 2.24) is 15.2 Å². The van der Waals surface area contributed by atoms with Gasteiger partial charge < -0.3 is 15.1 Å². The lowest BCUT2D eigenvalue weighted by Crippen LogP contribution is -2.46. The van der Waals surface area contributed by atoms with Gasteiger partial charge in [-0.05, 0) is 41.8 Å². The third-order valence-corrected chi connectivity index (χ3v) is 7.51. The number of likely N-dealkylation sites (N-methyl/N-ethyl adjacent to an activating group) is 1. The molecule has 0 saturated carbocycles. The Balaban J connectivity index is 1.58. The van der Waals surface area contributed by atoms with Crippen LogP contribution in [0.1, 0.15) is 25.8 Å². The first-order valence-corrected chi connectivity index (χ1v) is 13.2. The maximum atomic E-state index is 6.67. The van der Waals surface area contributed by atoms with Crippen LogP contribution in [0, 0.1) is 0 Å². The number of halogens is 1. The molecule has 2 aromatic carbocycles. The molecule has 0 amide bonds. The van der Waals surface area contributed by atoms with E-state index in [0.717, 1.165) is 72.8 Å². The van der Waals surface area contributed by atoms with Crippen LogP contribution in [0.2, 0.25) is 5.02 Å². The maximum absolute atomic E-state index is 6.67. The summed E-state index contributed by atoms with van der Waals surface area (Å²) in [6, 6.07) is 17.1. The molecule has 1 aromatic heterocycles. The van der Waals surface area contributed by atoms with Crippen LogP contribution < -0.4 is 10.2 Å². The summed E-state index contributed by atoms with van der Waals surface area (Å²) in [5.41, 5.74) is 3.18. The lowest BCUT2D eigenvalue weighted by molar-refractivity contribution is 0.271. The fourth-order valence-corrected chi connectivity index (χ4v) is 5.10. The Kier molecular flexibility index (Phi) is 8.31. The molecule has 4 nitrogen and oxygen atoms in total. The number of rotatable bonds is 9. The van der Waals surface area contributed by atoms with Crippen molar-refractivity contribution in [2.45, 2.75) is 26.8 Å². The van der Waals surface area contributed by atoms with Gasteiger partial charge in [-0.15, -0.1) is 11.8 Å². The van der Waals surface area contributed by atoms with Gasteiger partial charge in [0, 0.05) is 54.6 Å². The molecule has 6 heteroatoms. The van der Waals surface area contributed by atoms with Crippen LogP contribution in [0.5, 0.6) is 0 Å². The number of nitrogens with zero attached hydrogens (tertiary/aromatic N) is 3. The predicted octanol–water partition coefficient (Wildman–Crippen LogP) is 5.89. The van der Waals surface area contributed by atoms with E-state index in [2.05, 4.69) is 77.5 Å². The topological polar surface area (TPSA) is 31.4 Å². The minimum absolute atomic E-state index is 0.786. The number of pyridine rings is 1. The number of anilines is 1. The van der Waals surface area contributed by atoms with Gasteiger partial charge >= 0.3 is 0 Å². The molecule has 0 aliphatic carbocycles. The molecule has 170 valence electrons. The van der Waals surface area contributed by atoms with Gasteiger partial charge in [-0.3, -0.25) is 0 Å². The normalized spacial score (nSPS) is 14.9. The third-order valence-electron chi connectivity index (χ3n) is 6.06. The van der Waals surface area contributed by atoms with Gasteiger partial charge in [-0.2, -0.15) is 0 Å². The van der Waals surface area contributed by atoms with Crippen LogP contribution in [-0.4, -0.2) is 54.2 Å². The van der Waals surface area contributed by atoms with Gasteiger partial charge in [0.25, 0.3) is 0 Å². The van der Waals surface area contributed by atoms with E-state index in [9.17, 15) is 0 Å². The summed E-state index contributed by atoms with van der Waals surface area (Å²) in [4.78, 5) is 10.1. The molecular weight excluding hydrogens is 436 g/mol. The monoisotopic (exact) mass is 468 g/mol. The number of aromatic nitrogens is 1. The summed E-state index contributed by atoms with van der Waals surface area (Å²) in [5, 5.41) is 6.71. The van der Waals surface area contributed by atoms with E-state index in [1.807, 2.05) is 11.8 Å². The first-order valence-electron chi connectivity index (χ1n) is 11.6. The molecule has 2 heterocycles. The van der Waals surface area contributed by atoms with Gasteiger partial charge in [-0.25, -0.2) is 4.98 Å². The van der Waals surface area contributed by atoms with E-state index >= 15 is 0 Å². The summed E-state index contributed by atoms with van der Waals surface area (Å²) in [7, 11) is 0. The Morgan fingerprint density at radius 2 is 1.84 bits per heavy atom. The highest BCUT2D eigenvalue weighted by atomic mass is 35.5. The highest BCUT2D eigenvalue weighted by molar-refractivity contribution is 7.99. The second kappa shape index (κ2) is 11.4. The molecular formula is C26H33ClN4S. The molecule has 32 heavy (non-hydrogen) atoms. The molecule has 0 atom stereocenters. The number of nitrogens with one attached hydrogen (secondary N) is 1. The Labute approximate surface area is 201 Å². The second-order valence-electron chi connectivity index (χ2n) is 8.26. The molecule has 1 aliphatic heterocycles. The standard InChI is InChI=1S/C26H33ClN4S/c1-3-15-32-19-28-18-22-10-9-21(16-24(22)27)25-17-20-7-5-6-8-23(20)26(29-25)31-13-11-30(4-2)12-14-31/h5-10,16-17,28H,3-4,11-15,18-19H2,1-2H3. The van der Waals surface area contributed by atoms with Crippen molar-refractivity contribution < 1.29 is 0 Å². The third kappa shape index (κ3) is 5.57. The molecule has 0 bridgehead atoms. The van der Waals surface area contributed by atoms with Crippen molar-refractivity contribution in [1.29, 1.82) is 0 Å².